The number of aromatic nitrogens is 2. The Labute approximate surface area is 185 Å². The fraction of sp³-hybridized carbons (Fsp3) is 0.348. The van der Waals surface area contributed by atoms with Crippen molar-refractivity contribution < 1.29 is 18.7 Å². The molecule has 2 aromatic carbocycles. The van der Waals surface area contributed by atoms with E-state index in [0.29, 0.717) is 41.5 Å². The lowest BCUT2D eigenvalue weighted by Crippen LogP contribution is -2.26. The van der Waals surface area contributed by atoms with Gasteiger partial charge in [-0.2, -0.15) is 0 Å². The molecule has 1 aliphatic carbocycles. The van der Waals surface area contributed by atoms with Crippen LogP contribution < -0.4 is 20.5 Å². The van der Waals surface area contributed by atoms with Crippen LogP contribution in [-0.2, 0) is 0 Å². The van der Waals surface area contributed by atoms with Crippen molar-refractivity contribution in [3.63, 3.8) is 0 Å². The quantitative estimate of drug-likeness (QED) is 0.524. The van der Waals surface area contributed by atoms with Crippen LogP contribution in [0.5, 0.6) is 11.5 Å². The Hall–Kier alpha value is -3.46. The van der Waals surface area contributed by atoms with Crippen LogP contribution in [0.2, 0.25) is 0 Å². The lowest BCUT2D eigenvalue weighted by molar-refractivity contribution is 0.211. The Morgan fingerprint density at radius 3 is 2.78 bits per heavy atom. The number of primary amides is 1. The zero-order valence-electron chi connectivity index (χ0n) is 18.0. The molecule has 0 bridgehead atoms. The molecule has 1 amide bonds. The zero-order valence-corrected chi connectivity index (χ0v) is 18.0. The number of nitrogens with one attached hydrogen (secondary N) is 1. The first-order chi connectivity index (χ1) is 15.4. The van der Waals surface area contributed by atoms with E-state index in [2.05, 4.69) is 15.3 Å². The number of nitrogens with two attached hydrogens (primary N) is 1. The van der Waals surface area contributed by atoms with Crippen molar-refractivity contribution in [1.82, 2.24) is 14.9 Å². The van der Waals surface area contributed by atoms with Crippen molar-refractivity contribution in [2.75, 3.05) is 32.6 Å². The van der Waals surface area contributed by atoms with Crippen LogP contribution in [0, 0.1) is 11.7 Å². The molecule has 1 heterocycles. The van der Waals surface area contributed by atoms with Crippen molar-refractivity contribution in [2.24, 2.45) is 11.7 Å². The number of carbonyl (C=O) groups excluding carboxylic acids is 1. The van der Waals surface area contributed by atoms with Gasteiger partial charge in [-0.05, 0) is 56.6 Å². The van der Waals surface area contributed by atoms with E-state index >= 15 is 0 Å². The third-order valence-corrected chi connectivity index (χ3v) is 5.18. The summed E-state index contributed by atoms with van der Waals surface area (Å²) in [6.45, 7) is 1.18. The second-order valence-electron chi connectivity index (χ2n) is 8.23. The smallest absolute Gasteiger partial charge is 0.410 e. The molecular weight excluding hydrogens is 413 g/mol. The number of carbonyl (C=O) groups is 1. The van der Waals surface area contributed by atoms with Crippen LogP contribution in [0.3, 0.4) is 0 Å². The second-order valence-corrected chi connectivity index (χ2v) is 8.23. The van der Waals surface area contributed by atoms with Crippen LogP contribution in [0.1, 0.15) is 24.4 Å². The van der Waals surface area contributed by atoms with Crippen molar-refractivity contribution in [3.8, 4) is 11.5 Å². The molecule has 9 heteroatoms. The highest BCUT2D eigenvalue weighted by molar-refractivity contribution is 5.95. The normalized spacial score (nSPS) is 14.4. The number of nitrogens with zero attached hydrogens (tertiary/aromatic N) is 3. The third-order valence-electron chi connectivity index (χ3n) is 5.18. The van der Waals surface area contributed by atoms with Gasteiger partial charge in [0.2, 0.25) is 0 Å². The van der Waals surface area contributed by atoms with Gasteiger partial charge in [0.25, 0.3) is 0 Å². The molecule has 1 fully saturated rings. The number of hydrogen-bond acceptors (Lipinski definition) is 7. The molecule has 8 nitrogen and oxygen atoms in total. The molecule has 0 saturated heterocycles. The molecule has 32 heavy (non-hydrogen) atoms. The average Bonchev–Trinajstić information content (AvgIpc) is 3.56. The van der Waals surface area contributed by atoms with Crippen LogP contribution in [0.4, 0.5) is 15.0 Å². The Bertz CT molecular complexity index is 1120. The number of benzene rings is 2. The Morgan fingerprint density at radius 1 is 1.28 bits per heavy atom. The van der Waals surface area contributed by atoms with E-state index in [-0.39, 0.29) is 17.6 Å². The van der Waals surface area contributed by atoms with E-state index in [1.807, 2.05) is 31.1 Å². The summed E-state index contributed by atoms with van der Waals surface area (Å²) in [6, 6.07) is 9.61. The molecule has 0 aliphatic heterocycles. The van der Waals surface area contributed by atoms with Gasteiger partial charge < -0.3 is 25.4 Å². The molecule has 168 valence electrons. The molecule has 3 aromatic rings. The van der Waals surface area contributed by atoms with Crippen molar-refractivity contribution in [2.45, 2.75) is 18.9 Å². The number of anilines is 1. The number of amides is 1. The summed E-state index contributed by atoms with van der Waals surface area (Å²) in [6.07, 6.45) is 2.73. The first-order valence-corrected chi connectivity index (χ1v) is 10.4. The van der Waals surface area contributed by atoms with Gasteiger partial charge >= 0.3 is 6.09 Å². The van der Waals surface area contributed by atoms with Gasteiger partial charge in [-0.1, -0.05) is 12.1 Å². The first kappa shape index (κ1) is 21.8. The van der Waals surface area contributed by atoms with E-state index in [4.69, 9.17) is 15.2 Å². The second kappa shape index (κ2) is 9.35. The first-order valence-electron chi connectivity index (χ1n) is 10.4. The van der Waals surface area contributed by atoms with Gasteiger partial charge in [-0.25, -0.2) is 19.2 Å². The van der Waals surface area contributed by atoms with E-state index in [1.165, 1.54) is 18.5 Å². The summed E-state index contributed by atoms with van der Waals surface area (Å²) in [7, 11) is 3.88. The van der Waals surface area contributed by atoms with Gasteiger partial charge in [0, 0.05) is 12.6 Å². The number of hydrogen-bond donors (Lipinski definition) is 2. The van der Waals surface area contributed by atoms with Crippen LogP contribution in [-0.4, -0.2) is 48.2 Å². The summed E-state index contributed by atoms with van der Waals surface area (Å²) < 4.78 is 25.0. The lowest BCUT2D eigenvalue weighted by Gasteiger charge is -2.24. The highest BCUT2D eigenvalue weighted by atomic mass is 19.1. The number of halogens is 1. The summed E-state index contributed by atoms with van der Waals surface area (Å²) in [5, 5.41) is 4.00. The van der Waals surface area contributed by atoms with Crippen LogP contribution >= 0.6 is 0 Å². The third kappa shape index (κ3) is 5.42. The van der Waals surface area contributed by atoms with Crippen LogP contribution in [0.15, 0.2) is 42.7 Å². The van der Waals surface area contributed by atoms with Gasteiger partial charge in [-0.15, -0.1) is 0 Å². The minimum atomic E-state index is -0.941. The van der Waals surface area contributed by atoms with E-state index in [1.54, 1.807) is 12.1 Å². The fourth-order valence-electron chi connectivity index (χ4n) is 3.48. The molecule has 1 aliphatic rings. The molecule has 0 radical (unpaired) electrons. The molecule has 4 rings (SSSR count). The molecule has 1 aromatic heterocycles. The van der Waals surface area contributed by atoms with Crippen LogP contribution in [0.25, 0.3) is 10.9 Å². The van der Waals surface area contributed by atoms with E-state index < -0.39 is 6.09 Å². The fourth-order valence-corrected chi connectivity index (χ4v) is 3.48. The highest BCUT2D eigenvalue weighted by Crippen LogP contribution is 2.36. The average molecular weight is 439 g/mol. The Balaban J connectivity index is 1.74. The number of likely N-dealkylation sites (N-methyl/N-ethyl adjacent to an activating group) is 1. The van der Waals surface area contributed by atoms with Gasteiger partial charge in [0.15, 0.2) is 5.75 Å². The molecular formula is C23H26FN5O3. The van der Waals surface area contributed by atoms with Crippen molar-refractivity contribution in [1.29, 1.82) is 0 Å². The highest BCUT2D eigenvalue weighted by Gasteiger charge is 2.23. The van der Waals surface area contributed by atoms with Gasteiger partial charge in [0.05, 0.1) is 18.0 Å². The predicted molar refractivity (Wildman–Crippen MR) is 119 cm³/mol. The maximum Gasteiger partial charge on any atom is 0.410 e. The predicted octanol–water partition coefficient (Wildman–Crippen LogP) is 3.73. The maximum atomic E-state index is 13.9. The maximum absolute atomic E-state index is 13.9. The zero-order chi connectivity index (χ0) is 22.7. The Morgan fingerprint density at radius 2 is 2.09 bits per heavy atom. The number of ether oxygens (including phenoxy) is 2. The summed E-state index contributed by atoms with van der Waals surface area (Å²) in [4.78, 5) is 22.2. The largest absolute Gasteiger partial charge is 0.493 e. The van der Waals surface area contributed by atoms with E-state index in [0.717, 1.165) is 18.4 Å². The molecule has 1 unspecified atom stereocenters. The van der Waals surface area contributed by atoms with Gasteiger partial charge in [-0.3, -0.25) is 0 Å². The molecule has 0 spiro atoms. The standard InChI is InChI=1S/C23H26FN5O3/c1-29(2)11-19(15-4-3-5-16(24)8-15)28-22-18-9-17(31-12-14-6-7-14)10-20(32-23(25)30)21(18)26-13-27-22/h3-5,8-10,13-14,19H,6-7,11-12H2,1-2H3,(H2,25,30)(H,26,27,28). The minimum absolute atomic E-state index is 0.196. The SMILES string of the molecule is CN(C)CC(Nc1ncnc2c(OC(N)=O)cc(OCC3CC3)cc12)c1cccc(F)c1. The summed E-state index contributed by atoms with van der Waals surface area (Å²) >= 11 is 0. The lowest BCUT2D eigenvalue weighted by atomic mass is 10.1. The summed E-state index contributed by atoms with van der Waals surface area (Å²) in [5.74, 6) is 1.48. The van der Waals surface area contributed by atoms with E-state index in [9.17, 15) is 9.18 Å². The summed E-state index contributed by atoms with van der Waals surface area (Å²) in [5.41, 5.74) is 6.46. The topological polar surface area (TPSA) is 103 Å². The van der Waals surface area contributed by atoms with Crippen molar-refractivity contribution >= 4 is 22.8 Å². The number of rotatable bonds is 9. The monoisotopic (exact) mass is 439 g/mol. The van der Waals surface area contributed by atoms with Gasteiger partial charge in [0.1, 0.15) is 29.2 Å². The number of fused-ring (bicyclic) bond motifs is 1. The Kier molecular flexibility index (Phi) is 6.36. The molecule has 1 atom stereocenters. The van der Waals surface area contributed by atoms with Crippen molar-refractivity contribution in [3.05, 3.63) is 54.1 Å². The molecule has 3 N–H and O–H groups in total. The minimum Gasteiger partial charge on any atom is -0.493 e. The molecule has 1 saturated carbocycles.